The minimum absolute atomic E-state index is 3.33. The third-order valence-corrected chi connectivity index (χ3v) is 0. The molecule has 0 aromatic heterocycles. The Morgan fingerprint density at radius 2 is 1.29 bits per heavy atom. The first-order valence-electron chi connectivity index (χ1n) is 0.903. The second kappa shape index (κ2) is 4.06. The Bertz CT molecular complexity index is 104. The molecule has 0 atom stereocenters. The van der Waals surface area contributed by atoms with E-state index >= 15 is 0 Å². The van der Waals surface area contributed by atoms with Crippen LogP contribution in [-0.4, -0.2) is 17.5 Å². The predicted octanol–water partition coefficient (Wildman–Crippen LogP) is -0.357. The average Bonchev–Trinajstić information content (AvgIpc) is 1.36. The molecule has 0 radical (unpaired) electrons. The summed E-state index contributed by atoms with van der Waals surface area (Å²) in [4.78, 5) is 0. The van der Waals surface area contributed by atoms with Crippen LogP contribution in [0.5, 0.6) is 0 Å². The summed E-state index contributed by atoms with van der Waals surface area (Å²) in [7, 11) is -4.67. The van der Waals surface area contributed by atoms with Crippen LogP contribution in [0.3, 0.4) is 0 Å². The highest BCUT2D eigenvalue weighted by Crippen LogP contribution is 1.59. The number of hydrogen-bond acceptors (Lipinski definition) is 4. The van der Waals surface area contributed by atoms with Gasteiger partial charge in [0.25, 0.3) is 0 Å². The summed E-state index contributed by atoms with van der Waals surface area (Å²) in [6.07, 6.45) is 0. The fourth-order valence-corrected chi connectivity index (χ4v) is 0. The summed E-state index contributed by atoms with van der Waals surface area (Å²) in [5, 5.41) is 0. The van der Waals surface area contributed by atoms with Crippen LogP contribution in [0.1, 0.15) is 0 Å². The van der Waals surface area contributed by atoms with Crippen molar-refractivity contribution >= 4 is 22.8 Å². The fourth-order valence-electron chi connectivity index (χ4n) is 0. The Hall–Kier alpha value is -0.110. The van der Waals surface area contributed by atoms with Gasteiger partial charge in [0.05, 0.1) is 0 Å². The standard InChI is InChI=1S/HNS.H2O4S/c1-2;1-5(2,3)4/h1H;(H2,1,2,3,4). The maximum atomic E-state index is 8.74. The van der Waals surface area contributed by atoms with Gasteiger partial charge in [-0.15, -0.1) is 0 Å². The number of nitrogens with one attached hydrogen (secondary N) is 1. The third-order valence-electron chi connectivity index (χ3n) is 0. The lowest BCUT2D eigenvalue weighted by molar-refractivity contribution is 0.381. The van der Waals surface area contributed by atoms with E-state index in [0.717, 1.165) is 0 Å². The molecule has 0 spiro atoms. The minimum Gasteiger partial charge on any atom is -0.264 e. The molecule has 44 valence electrons. The van der Waals surface area contributed by atoms with Crippen molar-refractivity contribution in [1.82, 2.24) is 0 Å². The highest BCUT2D eigenvalue weighted by molar-refractivity contribution is 7.79. The van der Waals surface area contributed by atoms with Crippen LogP contribution in [0.4, 0.5) is 0 Å². The lowest BCUT2D eigenvalue weighted by Crippen LogP contribution is -1.89. The summed E-state index contributed by atoms with van der Waals surface area (Å²) in [5.74, 6) is 0. The number of hydrogen-bond donors (Lipinski definition) is 3. The van der Waals surface area contributed by atoms with Crippen LogP contribution in [0, 0.1) is 4.78 Å². The largest absolute Gasteiger partial charge is 0.394 e. The summed E-state index contributed by atoms with van der Waals surface area (Å²) >= 11 is 3.33. The Balaban J connectivity index is 0. The second-order valence-corrected chi connectivity index (χ2v) is 1.34. The van der Waals surface area contributed by atoms with Crippen LogP contribution >= 0.6 is 0 Å². The van der Waals surface area contributed by atoms with E-state index in [1.165, 1.54) is 0 Å². The van der Waals surface area contributed by atoms with Crippen LogP contribution in [0.15, 0.2) is 0 Å². The Morgan fingerprint density at radius 3 is 1.29 bits per heavy atom. The minimum atomic E-state index is -4.67. The van der Waals surface area contributed by atoms with Gasteiger partial charge in [-0.3, -0.25) is 9.11 Å². The normalized spacial score (nSPS) is 8.86. The van der Waals surface area contributed by atoms with Gasteiger partial charge in [0.1, 0.15) is 0 Å². The Kier molecular flexibility index (Phi) is 5.80. The van der Waals surface area contributed by atoms with Crippen LogP contribution in [-0.2, 0) is 22.8 Å². The topological polar surface area (TPSA) is 98.5 Å². The van der Waals surface area contributed by atoms with E-state index < -0.39 is 10.4 Å². The molecule has 0 unspecified atom stereocenters. The molecule has 0 saturated heterocycles. The monoisotopic (exact) mass is 145 g/mol. The fraction of sp³-hybridized carbons (Fsp3) is 0. The van der Waals surface area contributed by atoms with Crippen molar-refractivity contribution in [2.24, 2.45) is 0 Å². The molecule has 7 heteroatoms. The molecular weight excluding hydrogens is 142 g/mol. The van der Waals surface area contributed by atoms with Crippen molar-refractivity contribution in [2.45, 2.75) is 0 Å². The molecule has 0 amide bonds. The zero-order valence-electron chi connectivity index (χ0n) is 3.03. The average molecular weight is 145 g/mol. The van der Waals surface area contributed by atoms with E-state index in [1.54, 1.807) is 0 Å². The van der Waals surface area contributed by atoms with E-state index in [2.05, 4.69) is 12.4 Å². The predicted molar refractivity (Wildman–Crippen MR) is 24.3 cm³/mol. The van der Waals surface area contributed by atoms with Crippen LogP contribution in [0.2, 0.25) is 0 Å². The van der Waals surface area contributed by atoms with Crippen molar-refractivity contribution in [3.63, 3.8) is 0 Å². The molecule has 0 saturated carbocycles. The van der Waals surface area contributed by atoms with Gasteiger partial charge in [0.15, 0.2) is 0 Å². The SMILES string of the molecule is N=S.O=S(=O)(O)O. The van der Waals surface area contributed by atoms with Gasteiger partial charge in [-0.2, -0.15) is 8.42 Å². The van der Waals surface area contributed by atoms with Crippen molar-refractivity contribution in [1.29, 1.82) is 4.78 Å². The molecule has 7 heavy (non-hydrogen) atoms. The van der Waals surface area contributed by atoms with Crippen molar-refractivity contribution < 1.29 is 17.5 Å². The highest BCUT2D eigenvalue weighted by atomic mass is 32.3. The van der Waals surface area contributed by atoms with Crippen molar-refractivity contribution in [3.05, 3.63) is 0 Å². The van der Waals surface area contributed by atoms with E-state index in [0.29, 0.717) is 0 Å². The smallest absolute Gasteiger partial charge is 0.264 e. The highest BCUT2D eigenvalue weighted by Gasteiger charge is 1.84. The summed E-state index contributed by atoms with van der Waals surface area (Å²) in [6, 6.07) is 0. The molecule has 0 heterocycles. The van der Waals surface area contributed by atoms with Gasteiger partial charge in [-0.05, 0) is 0 Å². The quantitative estimate of drug-likeness (QED) is 0.404. The first kappa shape index (κ1) is 10.00. The van der Waals surface area contributed by atoms with Gasteiger partial charge in [0, 0.05) is 12.4 Å². The third kappa shape index (κ3) is 7370. The molecule has 0 aliphatic rings. The van der Waals surface area contributed by atoms with Gasteiger partial charge in [-0.25, -0.2) is 4.78 Å². The van der Waals surface area contributed by atoms with E-state index in [-0.39, 0.29) is 0 Å². The van der Waals surface area contributed by atoms with Gasteiger partial charge < -0.3 is 0 Å². The van der Waals surface area contributed by atoms with E-state index in [4.69, 9.17) is 22.3 Å². The summed E-state index contributed by atoms with van der Waals surface area (Å²) in [5.41, 5.74) is 0. The zero-order chi connectivity index (χ0) is 6.50. The molecular formula is H3NO4S2. The molecule has 0 fully saturated rings. The molecule has 0 bridgehead atoms. The summed E-state index contributed by atoms with van der Waals surface area (Å²) in [6.45, 7) is 0. The molecule has 0 rings (SSSR count). The zero-order valence-corrected chi connectivity index (χ0v) is 4.66. The first-order valence-corrected chi connectivity index (χ1v) is 2.71. The summed E-state index contributed by atoms with van der Waals surface area (Å²) < 4.78 is 36.9. The number of rotatable bonds is 0. The molecule has 3 N–H and O–H groups in total. The lowest BCUT2D eigenvalue weighted by Gasteiger charge is -1.68. The van der Waals surface area contributed by atoms with Gasteiger partial charge >= 0.3 is 10.4 Å². The molecule has 0 aromatic rings. The van der Waals surface area contributed by atoms with Crippen molar-refractivity contribution in [2.75, 3.05) is 0 Å². The lowest BCUT2D eigenvalue weighted by atomic mass is 14.0. The molecule has 0 aliphatic carbocycles. The Labute approximate surface area is 45.9 Å². The van der Waals surface area contributed by atoms with Crippen molar-refractivity contribution in [3.8, 4) is 0 Å². The van der Waals surface area contributed by atoms with Gasteiger partial charge in [-0.1, -0.05) is 0 Å². The van der Waals surface area contributed by atoms with E-state index in [9.17, 15) is 0 Å². The molecule has 0 aromatic carbocycles. The van der Waals surface area contributed by atoms with E-state index in [1.807, 2.05) is 0 Å². The van der Waals surface area contributed by atoms with Crippen LogP contribution < -0.4 is 0 Å². The van der Waals surface area contributed by atoms with Crippen LogP contribution in [0.25, 0.3) is 0 Å². The maximum absolute atomic E-state index is 8.74. The maximum Gasteiger partial charge on any atom is 0.394 e. The Morgan fingerprint density at radius 1 is 1.29 bits per heavy atom. The second-order valence-electron chi connectivity index (χ2n) is 0.448. The first-order chi connectivity index (χ1) is 3.00. The molecule has 5 nitrogen and oxygen atoms in total. The molecule has 0 aliphatic heterocycles. The van der Waals surface area contributed by atoms with Gasteiger partial charge in [0.2, 0.25) is 0 Å².